The molecule has 4 heteroatoms. The molecule has 7 rings (SSSR count). The lowest BCUT2D eigenvalue weighted by Gasteiger charge is -2.31. The van der Waals surface area contributed by atoms with Gasteiger partial charge in [-0.05, 0) is 159 Å². The van der Waals surface area contributed by atoms with Gasteiger partial charge in [0.1, 0.15) is 5.75 Å². The molecular formula is C51H49BN2O. The maximum atomic E-state index is 9.83. The van der Waals surface area contributed by atoms with E-state index in [0.29, 0.717) is 0 Å². The third-order valence-corrected chi connectivity index (χ3v) is 11.6. The smallest absolute Gasteiger partial charge is 0.243 e. The van der Waals surface area contributed by atoms with Crippen molar-refractivity contribution >= 4 is 28.7 Å². The van der Waals surface area contributed by atoms with Crippen LogP contribution in [0.1, 0.15) is 61.2 Å². The largest absolute Gasteiger partial charge is 0.508 e. The summed E-state index contributed by atoms with van der Waals surface area (Å²) in [5.41, 5.74) is 25.7. The summed E-state index contributed by atoms with van der Waals surface area (Å²) in [6, 6.07) is 31.6. The fourth-order valence-electron chi connectivity index (χ4n) is 9.39. The molecule has 0 amide bonds. The van der Waals surface area contributed by atoms with Gasteiger partial charge in [-0.15, -0.1) is 0 Å². The first-order valence-corrected chi connectivity index (χ1v) is 19.1. The molecule has 2 aromatic heterocycles. The fraction of sp³-hybridized carbons (Fsp3) is 0.176. The molecule has 0 bridgehead atoms. The molecule has 0 saturated heterocycles. The van der Waals surface area contributed by atoms with Gasteiger partial charge in [-0.25, -0.2) is 0 Å². The molecule has 0 atom stereocenters. The summed E-state index contributed by atoms with van der Waals surface area (Å²) in [6.07, 6.45) is 7.68. The summed E-state index contributed by atoms with van der Waals surface area (Å²) in [5, 5.41) is 9.83. The number of nitrogens with zero attached hydrogens (tertiary/aromatic N) is 2. The molecule has 7 aromatic rings. The zero-order valence-corrected chi connectivity index (χ0v) is 33.6. The van der Waals surface area contributed by atoms with Crippen molar-refractivity contribution in [3.63, 3.8) is 0 Å². The van der Waals surface area contributed by atoms with Gasteiger partial charge in [-0.1, -0.05) is 106 Å². The number of aromatic hydroxyl groups is 1. The minimum atomic E-state index is -0.0417. The zero-order valence-electron chi connectivity index (χ0n) is 33.6. The second-order valence-electron chi connectivity index (χ2n) is 15.3. The lowest BCUT2D eigenvalue weighted by Crippen LogP contribution is -2.58. The number of hydrogen-bond donors (Lipinski definition) is 1. The second kappa shape index (κ2) is 15.0. The average molecular weight is 717 g/mol. The van der Waals surface area contributed by atoms with Crippen molar-refractivity contribution in [2.45, 2.75) is 62.3 Å². The van der Waals surface area contributed by atoms with Gasteiger partial charge in [0.15, 0.2) is 0 Å². The number of pyridine rings is 2. The van der Waals surface area contributed by atoms with Crippen LogP contribution in [0.2, 0.25) is 0 Å². The Balaban J connectivity index is 1.50. The van der Waals surface area contributed by atoms with Gasteiger partial charge >= 0.3 is 0 Å². The summed E-state index contributed by atoms with van der Waals surface area (Å²) in [6.45, 7) is 24.9. The second-order valence-corrected chi connectivity index (χ2v) is 15.3. The molecule has 1 N–H and O–H groups in total. The van der Waals surface area contributed by atoms with Crippen molar-refractivity contribution in [3.05, 3.63) is 184 Å². The van der Waals surface area contributed by atoms with Crippen molar-refractivity contribution in [2.75, 3.05) is 0 Å². The van der Waals surface area contributed by atoms with Crippen LogP contribution in [0.25, 0.3) is 39.0 Å². The molecule has 0 saturated carbocycles. The van der Waals surface area contributed by atoms with Crippen molar-refractivity contribution in [1.29, 1.82) is 0 Å². The van der Waals surface area contributed by atoms with Gasteiger partial charge in [-0.3, -0.25) is 9.97 Å². The molecular weight excluding hydrogens is 667 g/mol. The lowest BCUT2D eigenvalue weighted by atomic mass is 9.32. The predicted molar refractivity (Wildman–Crippen MR) is 235 cm³/mol. The number of hydrogen-bond acceptors (Lipinski definition) is 3. The van der Waals surface area contributed by atoms with E-state index in [2.05, 4.69) is 133 Å². The minimum absolute atomic E-state index is 0.0417. The van der Waals surface area contributed by atoms with Gasteiger partial charge in [0.2, 0.25) is 6.71 Å². The van der Waals surface area contributed by atoms with Crippen molar-refractivity contribution in [1.82, 2.24) is 9.97 Å². The third-order valence-electron chi connectivity index (χ3n) is 11.6. The minimum Gasteiger partial charge on any atom is -0.508 e. The summed E-state index contributed by atoms with van der Waals surface area (Å²) in [5.74, 6) is 0.250. The topological polar surface area (TPSA) is 46.0 Å². The number of phenols is 1. The number of phenolic OH excluding ortho intramolecular Hbond substituents is 1. The Morgan fingerprint density at radius 1 is 0.473 bits per heavy atom. The molecule has 0 unspecified atom stereocenters. The summed E-state index contributed by atoms with van der Waals surface area (Å²) >= 11 is 0. The first-order valence-electron chi connectivity index (χ1n) is 19.1. The van der Waals surface area contributed by atoms with Crippen LogP contribution in [0.5, 0.6) is 5.75 Å². The van der Waals surface area contributed by atoms with E-state index in [9.17, 15) is 5.11 Å². The summed E-state index contributed by atoms with van der Waals surface area (Å²) in [4.78, 5) is 9.08. The van der Waals surface area contributed by atoms with Crippen LogP contribution in [-0.4, -0.2) is 21.8 Å². The van der Waals surface area contributed by atoms with E-state index in [1.165, 1.54) is 88.7 Å². The molecule has 0 aliphatic rings. The molecule has 0 spiro atoms. The van der Waals surface area contributed by atoms with E-state index < -0.39 is 0 Å². The van der Waals surface area contributed by atoms with Crippen LogP contribution in [0, 0.1) is 62.3 Å². The highest BCUT2D eigenvalue weighted by Gasteiger charge is 2.34. The van der Waals surface area contributed by atoms with Crippen LogP contribution in [0.15, 0.2) is 122 Å². The highest BCUT2D eigenvalue weighted by atomic mass is 16.3. The van der Waals surface area contributed by atoms with Crippen LogP contribution in [0.4, 0.5) is 0 Å². The van der Waals surface area contributed by atoms with Gasteiger partial charge < -0.3 is 5.11 Å². The molecule has 0 fully saturated rings. The SMILES string of the molecule is C=C(c1ccc(O)cc1)c1ccc(-c2c(C)cc(C)c(B(c3c(C)cc(C)c(-c4cccnc4)c3C)c3c(C)cc(C)c(-c4cccnc4)c3C)c2C)cc1. The molecule has 0 aliphatic heterocycles. The van der Waals surface area contributed by atoms with E-state index in [4.69, 9.17) is 0 Å². The van der Waals surface area contributed by atoms with Crippen LogP contribution in [0.3, 0.4) is 0 Å². The number of rotatable bonds is 8. The van der Waals surface area contributed by atoms with Gasteiger partial charge in [0.25, 0.3) is 0 Å². The Kier molecular flexibility index (Phi) is 10.2. The number of aryl methyl sites for hydroxylation is 6. The van der Waals surface area contributed by atoms with E-state index in [1.54, 1.807) is 12.1 Å². The van der Waals surface area contributed by atoms with E-state index in [0.717, 1.165) is 27.8 Å². The van der Waals surface area contributed by atoms with E-state index in [1.807, 2.05) is 49.1 Å². The highest BCUT2D eigenvalue weighted by molar-refractivity contribution is 6.97. The van der Waals surface area contributed by atoms with Crippen molar-refractivity contribution in [2.24, 2.45) is 0 Å². The molecule has 0 radical (unpaired) electrons. The lowest BCUT2D eigenvalue weighted by molar-refractivity contribution is 0.475. The normalized spacial score (nSPS) is 11.1. The van der Waals surface area contributed by atoms with Crippen LogP contribution >= 0.6 is 0 Å². The zero-order chi connectivity index (χ0) is 39.1. The van der Waals surface area contributed by atoms with E-state index >= 15 is 0 Å². The number of aromatic nitrogens is 2. The van der Waals surface area contributed by atoms with Crippen molar-refractivity contribution in [3.8, 4) is 39.1 Å². The third kappa shape index (κ3) is 6.83. The maximum absolute atomic E-state index is 9.83. The Labute approximate surface area is 327 Å². The maximum Gasteiger partial charge on any atom is 0.243 e. The molecule has 0 aliphatic carbocycles. The molecule has 5 aromatic carbocycles. The molecule has 55 heavy (non-hydrogen) atoms. The standard InChI is InChI=1S/C51H49BN2O/c1-30-25-33(4)49(37(8)46(30)42-17-15-40(16-18-42)36(7)41-19-21-45(55)22-20-41)52(50-34(5)26-31(2)47(38(50)9)43-13-11-23-53-28-43)51-35(6)27-32(3)48(39(51)10)44-14-12-24-54-29-44/h11-29,55H,7H2,1-6,8-10H3. The Bertz CT molecular complexity index is 2470. The van der Waals surface area contributed by atoms with Crippen molar-refractivity contribution < 1.29 is 5.11 Å². The van der Waals surface area contributed by atoms with Crippen LogP contribution < -0.4 is 16.4 Å². The highest BCUT2D eigenvalue weighted by Crippen LogP contribution is 2.34. The summed E-state index contributed by atoms with van der Waals surface area (Å²) in [7, 11) is 0. The predicted octanol–water partition coefficient (Wildman–Crippen LogP) is 10.5. The van der Waals surface area contributed by atoms with Crippen LogP contribution in [-0.2, 0) is 0 Å². The first kappa shape index (κ1) is 37.3. The Morgan fingerprint density at radius 3 is 1.20 bits per heavy atom. The molecule has 272 valence electrons. The molecule has 3 nitrogen and oxygen atoms in total. The quantitative estimate of drug-likeness (QED) is 0.159. The monoisotopic (exact) mass is 716 g/mol. The average Bonchev–Trinajstić information content (AvgIpc) is 3.15. The summed E-state index contributed by atoms with van der Waals surface area (Å²) < 4.78 is 0. The Hall–Kier alpha value is -6.00. The Morgan fingerprint density at radius 2 is 0.836 bits per heavy atom. The van der Waals surface area contributed by atoms with Gasteiger partial charge in [0, 0.05) is 35.9 Å². The first-order chi connectivity index (χ1) is 26.4. The van der Waals surface area contributed by atoms with E-state index in [-0.39, 0.29) is 12.5 Å². The number of benzene rings is 5. The molecule has 2 heterocycles. The van der Waals surface area contributed by atoms with Gasteiger partial charge in [-0.2, -0.15) is 0 Å². The van der Waals surface area contributed by atoms with Gasteiger partial charge in [0.05, 0.1) is 0 Å². The fourth-order valence-corrected chi connectivity index (χ4v) is 9.39.